The van der Waals surface area contributed by atoms with E-state index in [0.29, 0.717) is 42.8 Å². The number of Topliss-reactive ketones (excluding diaryl/α,β-unsaturated/α-hetero) is 3. The topological polar surface area (TPSA) is 60.4 Å². The first-order valence-corrected chi connectivity index (χ1v) is 10.6. The number of ether oxygens (including phenoxy) is 1. The summed E-state index contributed by atoms with van der Waals surface area (Å²) in [5.41, 5.74) is 0.769. The maximum absolute atomic E-state index is 13.2. The first kappa shape index (κ1) is 19.6. The number of carbonyl (C=O) groups is 3. The van der Waals surface area contributed by atoms with Crippen LogP contribution in [0, 0.1) is 16.7 Å². The van der Waals surface area contributed by atoms with E-state index in [1.165, 1.54) is 0 Å². The minimum Gasteiger partial charge on any atom is -0.461 e. The van der Waals surface area contributed by atoms with E-state index in [1.807, 2.05) is 45.9 Å². The molecule has 1 aromatic carbocycles. The molecule has 0 aromatic heterocycles. The van der Waals surface area contributed by atoms with Gasteiger partial charge in [0.05, 0.1) is 5.92 Å². The van der Waals surface area contributed by atoms with Crippen molar-refractivity contribution in [2.75, 3.05) is 0 Å². The van der Waals surface area contributed by atoms with Crippen molar-refractivity contribution >= 4 is 33.3 Å². The van der Waals surface area contributed by atoms with Gasteiger partial charge in [-0.3, -0.25) is 14.4 Å². The molecule has 0 amide bonds. The van der Waals surface area contributed by atoms with Crippen LogP contribution >= 0.6 is 15.9 Å². The van der Waals surface area contributed by atoms with Crippen molar-refractivity contribution in [3.05, 3.63) is 39.6 Å². The molecule has 1 saturated carbocycles. The molecule has 148 valence electrons. The second-order valence-corrected chi connectivity index (χ2v) is 10.9. The molecule has 2 aliphatic carbocycles. The lowest BCUT2D eigenvalue weighted by Gasteiger charge is -2.42. The largest absolute Gasteiger partial charge is 0.461 e. The quantitative estimate of drug-likeness (QED) is 0.562. The lowest BCUT2D eigenvalue weighted by Crippen LogP contribution is -2.44. The minimum atomic E-state index is -0.805. The number of allylic oxidation sites excluding steroid dienone is 2. The predicted octanol–water partition coefficient (Wildman–Crippen LogP) is 5.14. The Kier molecular flexibility index (Phi) is 4.46. The van der Waals surface area contributed by atoms with Crippen LogP contribution in [0.5, 0.6) is 5.75 Å². The van der Waals surface area contributed by atoms with Crippen LogP contribution in [0.1, 0.15) is 64.9 Å². The van der Waals surface area contributed by atoms with E-state index in [2.05, 4.69) is 15.9 Å². The smallest absolute Gasteiger partial charge is 0.163 e. The maximum atomic E-state index is 13.2. The number of benzene rings is 1. The monoisotopic (exact) mass is 444 g/mol. The third-order valence-corrected chi connectivity index (χ3v) is 6.56. The molecule has 1 aromatic rings. The molecule has 5 heteroatoms. The fraction of sp³-hybridized carbons (Fsp3) is 0.522. The van der Waals surface area contributed by atoms with Gasteiger partial charge in [0.2, 0.25) is 0 Å². The van der Waals surface area contributed by atoms with Crippen LogP contribution in [0.4, 0.5) is 0 Å². The van der Waals surface area contributed by atoms with E-state index in [-0.39, 0.29) is 28.2 Å². The normalized spacial score (nSPS) is 26.6. The van der Waals surface area contributed by atoms with Gasteiger partial charge in [0.1, 0.15) is 23.1 Å². The van der Waals surface area contributed by atoms with Crippen LogP contribution in [0.2, 0.25) is 0 Å². The summed E-state index contributed by atoms with van der Waals surface area (Å²) in [5.74, 6) is -0.218. The molecule has 1 heterocycles. The zero-order valence-corrected chi connectivity index (χ0v) is 18.3. The summed E-state index contributed by atoms with van der Waals surface area (Å²) < 4.78 is 6.98. The van der Waals surface area contributed by atoms with Crippen LogP contribution in [0.3, 0.4) is 0 Å². The highest BCUT2D eigenvalue weighted by Gasteiger charge is 2.50. The lowest BCUT2D eigenvalue weighted by molar-refractivity contribution is -0.140. The molecule has 4 rings (SSSR count). The van der Waals surface area contributed by atoms with E-state index in [9.17, 15) is 14.4 Å². The molecule has 0 spiro atoms. The van der Waals surface area contributed by atoms with Crippen LogP contribution in [0.15, 0.2) is 34.0 Å². The Morgan fingerprint density at radius 1 is 0.893 bits per heavy atom. The number of carbonyl (C=O) groups excluding carboxylic acids is 3. The molecule has 28 heavy (non-hydrogen) atoms. The fourth-order valence-corrected chi connectivity index (χ4v) is 5.36. The standard InChI is InChI=1S/C23H25BrO4/c1-22(2)8-14(25)20(15(26)9-22)19-13-7-12(24)5-6-17(13)28-18-11-23(3,4)10-16(27)21(18)19/h5-7,19-20H,8-11H2,1-4H3. The van der Waals surface area contributed by atoms with Gasteiger partial charge in [0.25, 0.3) is 0 Å². The van der Waals surface area contributed by atoms with E-state index in [4.69, 9.17) is 4.74 Å². The number of halogens is 1. The first-order chi connectivity index (χ1) is 13.0. The number of ketones is 3. The van der Waals surface area contributed by atoms with Crippen molar-refractivity contribution in [2.24, 2.45) is 16.7 Å². The molecule has 0 radical (unpaired) electrons. The van der Waals surface area contributed by atoms with E-state index in [0.717, 1.165) is 10.0 Å². The molecule has 1 aliphatic heterocycles. The summed E-state index contributed by atoms with van der Waals surface area (Å²) in [6.07, 6.45) is 1.73. The number of rotatable bonds is 1. The van der Waals surface area contributed by atoms with Gasteiger partial charge in [-0.1, -0.05) is 43.6 Å². The molecule has 0 bridgehead atoms. The predicted molar refractivity (Wildman–Crippen MR) is 109 cm³/mol. The van der Waals surface area contributed by atoms with Crippen LogP contribution in [-0.2, 0) is 14.4 Å². The first-order valence-electron chi connectivity index (χ1n) is 9.76. The van der Waals surface area contributed by atoms with Crippen molar-refractivity contribution in [1.82, 2.24) is 0 Å². The fourth-order valence-electron chi connectivity index (χ4n) is 4.98. The van der Waals surface area contributed by atoms with Gasteiger partial charge in [-0.05, 0) is 29.0 Å². The maximum Gasteiger partial charge on any atom is 0.163 e. The number of hydrogen-bond acceptors (Lipinski definition) is 4. The Balaban J connectivity index is 1.89. The third-order valence-electron chi connectivity index (χ3n) is 6.06. The Bertz CT molecular complexity index is 918. The molecular formula is C23H25BrO4. The zero-order valence-electron chi connectivity index (χ0n) is 16.7. The Hall–Kier alpha value is -1.75. The average Bonchev–Trinajstić information content (AvgIpc) is 2.51. The zero-order chi connectivity index (χ0) is 20.4. The van der Waals surface area contributed by atoms with Gasteiger partial charge in [-0.15, -0.1) is 0 Å². The Morgan fingerprint density at radius 2 is 1.50 bits per heavy atom. The molecule has 3 aliphatic rings. The van der Waals surface area contributed by atoms with Crippen molar-refractivity contribution in [3.63, 3.8) is 0 Å². The highest BCUT2D eigenvalue weighted by Crippen LogP contribution is 2.53. The molecule has 0 saturated heterocycles. The molecule has 4 nitrogen and oxygen atoms in total. The van der Waals surface area contributed by atoms with Gasteiger partial charge < -0.3 is 4.74 Å². The van der Waals surface area contributed by atoms with Gasteiger partial charge in [0.15, 0.2) is 5.78 Å². The van der Waals surface area contributed by atoms with Crippen molar-refractivity contribution in [3.8, 4) is 5.75 Å². The molecule has 1 fully saturated rings. The summed E-state index contributed by atoms with van der Waals surface area (Å²) in [5, 5.41) is 0. The molecule has 1 unspecified atom stereocenters. The van der Waals surface area contributed by atoms with E-state index >= 15 is 0 Å². The highest BCUT2D eigenvalue weighted by molar-refractivity contribution is 9.10. The van der Waals surface area contributed by atoms with E-state index < -0.39 is 11.8 Å². The van der Waals surface area contributed by atoms with Crippen molar-refractivity contribution < 1.29 is 19.1 Å². The van der Waals surface area contributed by atoms with Gasteiger partial charge >= 0.3 is 0 Å². The Morgan fingerprint density at radius 3 is 2.14 bits per heavy atom. The third kappa shape index (κ3) is 3.28. The molecular weight excluding hydrogens is 420 g/mol. The summed E-state index contributed by atoms with van der Waals surface area (Å²) in [6, 6.07) is 5.62. The van der Waals surface area contributed by atoms with Gasteiger partial charge in [-0.25, -0.2) is 0 Å². The SMILES string of the molecule is CC1(C)CC(=O)C(C2C3=C(CC(C)(C)CC3=O)Oc3ccc(Br)cc32)C(=O)C1. The van der Waals surface area contributed by atoms with Crippen LogP contribution in [-0.4, -0.2) is 17.3 Å². The number of hydrogen-bond donors (Lipinski definition) is 0. The minimum absolute atomic E-state index is 0.00712. The Labute approximate surface area is 173 Å². The second kappa shape index (κ2) is 6.38. The number of fused-ring (bicyclic) bond motifs is 1. The summed E-state index contributed by atoms with van der Waals surface area (Å²) >= 11 is 3.49. The average molecular weight is 445 g/mol. The van der Waals surface area contributed by atoms with Gasteiger partial charge in [-0.2, -0.15) is 0 Å². The highest BCUT2D eigenvalue weighted by atomic mass is 79.9. The van der Waals surface area contributed by atoms with Crippen LogP contribution < -0.4 is 4.74 Å². The second-order valence-electron chi connectivity index (χ2n) is 9.97. The molecule has 1 atom stereocenters. The summed E-state index contributed by atoms with van der Waals surface area (Å²) in [4.78, 5) is 39.4. The molecule has 0 N–H and O–H groups in total. The van der Waals surface area contributed by atoms with Crippen molar-refractivity contribution in [1.29, 1.82) is 0 Å². The van der Waals surface area contributed by atoms with E-state index in [1.54, 1.807) is 0 Å². The van der Waals surface area contributed by atoms with Crippen molar-refractivity contribution in [2.45, 2.75) is 59.3 Å². The summed E-state index contributed by atoms with van der Waals surface area (Å²) in [7, 11) is 0. The summed E-state index contributed by atoms with van der Waals surface area (Å²) in [6.45, 7) is 7.99. The lowest BCUT2D eigenvalue weighted by atomic mass is 9.62. The van der Waals surface area contributed by atoms with Crippen LogP contribution in [0.25, 0.3) is 0 Å². The van der Waals surface area contributed by atoms with Gasteiger partial charge in [0, 0.05) is 47.2 Å².